The summed E-state index contributed by atoms with van der Waals surface area (Å²) >= 11 is 0. The molecule has 0 aliphatic heterocycles. The van der Waals surface area contributed by atoms with Gasteiger partial charge >= 0.3 is 0 Å². The van der Waals surface area contributed by atoms with E-state index < -0.39 is 0 Å². The molecule has 0 fully saturated rings. The summed E-state index contributed by atoms with van der Waals surface area (Å²) in [4.78, 5) is 15.3. The first-order chi connectivity index (χ1) is 25.3. The second-order valence-corrected chi connectivity index (χ2v) is 12.7. The topological polar surface area (TPSA) is 78.1 Å². The second kappa shape index (κ2) is 10.7. The summed E-state index contributed by atoms with van der Waals surface area (Å²) in [5.74, 6) is 1.73. The van der Waals surface area contributed by atoms with Crippen molar-refractivity contribution in [2.75, 3.05) is 0 Å². The Balaban J connectivity index is 1.19. The Kier molecular flexibility index (Phi) is 5.86. The summed E-state index contributed by atoms with van der Waals surface area (Å²) in [6, 6.07) is 51.0. The minimum atomic E-state index is 0.561. The quantitative estimate of drug-likeness (QED) is 0.188. The third-order valence-electron chi connectivity index (χ3n) is 9.76. The van der Waals surface area contributed by atoms with Crippen LogP contribution in [0.4, 0.5) is 0 Å². The van der Waals surface area contributed by atoms with Gasteiger partial charge in [0, 0.05) is 49.0 Å². The number of fused-ring (bicyclic) bond motifs is 9. The number of hydrogen-bond donors (Lipinski definition) is 0. The normalized spacial score (nSPS) is 11.9. The maximum absolute atomic E-state index is 6.56. The van der Waals surface area contributed by atoms with Crippen LogP contribution >= 0.6 is 0 Å². The molecule has 238 valence electrons. The van der Waals surface area contributed by atoms with E-state index in [0.29, 0.717) is 17.5 Å². The molecule has 11 rings (SSSR count). The van der Waals surface area contributed by atoms with Gasteiger partial charge in [-0.3, -0.25) is 0 Å². The zero-order chi connectivity index (χ0) is 33.5. The molecule has 0 amide bonds. The predicted octanol–water partition coefficient (Wildman–Crippen LogP) is 12.2. The highest BCUT2D eigenvalue weighted by Gasteiger charge is 2.22. The van der Waals surface area contributed by atoms with Crippen molar-refractivity contribution in [2.24, 2.45) is 0 Å². The van der Waals surface area contributed by atoms with E-state index in [4.69, 9.17) is 28.2 Å². The molecule has 7 aromatic carbocycles. The zero-order valence-corrected chi connectivity index (χ0v) is 27.0. The Bertz CT molecular complexity index is 3150. The van der Waals surface area contributed by atoms with Gasteiger partial charge in [-0.15, -0.1) is 0 Å². The van der Waals surface area contributed by atoms with Gasteiger partial charge in [0.15, 0.2) is 17.5 Å². The minimum absolute atomic E-state index is 0.561. The van der Waals surface area contributed by atoms with Crippen LogP contribution in [-0.2, 0) is 0 Å². The van der Waals surface area contributed by atoms with E-state index in [9.17, 15) is 0 Å². The first-order valence-electron chi connectivity index (χ1n) is 16.9. The molecule has 0 aliphatic rings. The summed E-state index contributed by atoms with van der Waals surface area (Å²) in [6.45, 7) is 0. The molecule has 0 saturated carbocycles. The second-order valence-electron chi connectivity index (χ2n) is 12.7. The van der Waals surface area contributed by atoms with E-state index in [1.165, 1.54) is 0 Å². The van der Waals surface area contributed by atoms with E-state index in [2.05, 4.69) is 42.5 Å². The van der Waals surface area contributed by atoms with Gasteiger partial charge in [0.1, 0.15) is 33.5 Å². The number of furan rings is 3. The summed E-state index contributed by atoms with van der Waals surface area (Å²) in [5, 5.41) is 6.15. The predicted molar refractivity (Wildman–Crippen MR) is 203 cm³/mol. The number of benzene rings is 7. The van der Waals surface area contributed by atoms with Crippen LogP contribution in [0.5, 0.6) is 0 Å². The van der Waals surface area contributed by atoms with Crippen LogP contribution in [0.1, 0.15) is 0 Å². The molecule has 4 aromatic heterocycles. The Hall–Kier alpha value is -7.05. The van der Waals surface area contributed by atoms with Crippen LogP contribution in [0.2, 0.25) is 0 Å². The molecule has 4 heterocycles. The van der Waals surface area contributed by atoms with Crippen molar-refractivity contribution < 1.29 is 13.3 Å². The van der Waals surface area contributed by atoms with E-state index in [1.807, 2.05) is 109 Å². The molecule has 0 unspecified atom stereocenters. The zero-order valence-electron chi connectivity index (χ0n) is 27.0. The highest BCUT2D eigenvalue weighted by Crippen LogP contribution is 2.44. The average molecular weight is 656 g/mol. The Labute approximate surface area is 290 Å². The molecule has 11 aromatic rings. The van der Waals surface area contributed by atoms with Crippen LogP contribution in [0.25, 0.3) is 111 Å². The lowest BCUT2D eigenvalue weighted by Crippen LogP contribution is -2.00. The van der Waals surface area contributed by atoms with Gasteiger partial charge < -0.3 is 13.3 Å². The van der Waals surface area contributed by atoms with Gasteiger partial charge in [0.25, 0.3) is 0 Å². The smallest absolute Gasteiger partial charge is 0.164 e. The Morgan fingerprint density at radius 1 is 0.294 bits per heavy atom. The number of rotatable bonds is 4. The third kappa shape index (κ3) is 4.26. The van der Waals surface area contributed by atoms with Gasteiger partial charge in [-0.1, -0.05) is 103 Å². The van der Waals surface area contributed by atoms with E-state index in [1.54, 1.807) is 0 Å². The fraction of sp³-hybridized carbons (Fsp3) is 0. The largest absolute Gasteiger partial charge is 0.456 e. The Morgan fingerprint density at radius 3 is 1.55 bits per heavy atom. The molecule has 6 heteroatoms. The van der Waals surface area contributed by atoms with E-state index in [-0.39, 0.29) is 0 Å². The molecular weight excluding hydrogens is 631 g/mol. The van der Waals surface area contributed by atoms with Crippen molar-refractivity contribution in [3.63, 3.8) is 0 Å². The van der Waals surface area contributed by atoms with Gasteiger partial charge in [0.05, 0.1) is 0 Å². The molecule has 0 atom stereocenters. The third-order valence-corrected chi connectivity index (χ3v) is 9.76. The molecule has 51 heavy (non-hydrogen) atoms. The van der Waals surface area contributed by atoms with Crippen LogP contribution in [-0.4, -0.2) is 15.0 Å². The molecule has 0 bridgehead atoms. The first-order valence-corrected chi connectivity index (χ1v) is 16.9. The number of nitrogens with zero attached hydrogens (tertiary/aromatic N) is 3. The summed E-state index contributed by atoms with van der Waals surface area (Å²) in [5.41, 5.74) is 9.67. The lowest BCUT2D eigenvalue weighted by Gasteiger charge is -2.10. The average Bonchev–Trinajstić information content (AvgIpc) is 3.89. The molecule has 6 nitrogen and oxygen atoms in total. The van der Waals surface area contributed by atoms with Gasteiger partial charge in [0.2, 0.25) is 0 Å². The van der Waals surface area contributed by atoms with E-state index >= 15 is 0 Å². The number of hydrogen-bond acceptors (Lipinski definition) is 6. The van der Waals surface area contributed by atoms with Crippen molar-refractivity contribution in [2.45, 2.75) is 0 Å². The molecule has 0 radical (unpaired) electrons. The van der Waals surface area contributed by atoms with Crippen molar-refractivity contribution >= 4 is 65.8 Å². The number of aromatic nitrogens is 3. The first kappa shape index (κ1) is 27.9. The fourth-order valence-electron chi connectivity index (χ4n) is 7.48. The van der Waals surface area contributed by atoms with Gasteiger partial charge in [-0.2, -0.15) is 0 Å². The standard InChI is InChI=1S/C45H25N3O3/c1-2-11-26(12-3-1)43-46-44(27-23-24-36-33(25-27)28-13-4-6-18-34(28)49-36)48-45(47-43)32-17-10-22-39-42(32)41-30(16-9-21-38(41)51-39)29-15-8-20-37-40(29)31-14-5-7-19-35(31)50-37/h1-25H. The summed E-state index contributed by atoms with van der Waals surface area (Å²) < 4.78 is 19.0. The van der Waals surface area contributed by atoms with Gasteiger partial charge in [-0.25, -0.2) is 15.0 Å². The van der Waals surface area contributed by atoms with Crippen LogP contribution in [0.3, 0.4) is 0 Å². The highest BCUT2D eigenvalue weighted by molar-refractivity contribution is 6.21. The van der Waals surface area contributed by atoms with Gasteiger partial charge in [-0.05, 0) is 59.7 Å². The fourth-order valence-corrected chi connectivity index (χ4v) is 7.48. The van der Waals surface area contributed by atoms with Crippen molar-refractivity contribution in [1.82, 2.24) is 15.0 Å². The maximum atomic E-state index is 6.56. The van der Waals surface area contributed by atoms with Crippen molar-refractivity contribution in [3.05, 3.63) is 152 Å². The SMILES string of the molecule is c1ccc(-c2nc(-c3ccc4oc5ccccc5c4c3)nc(-c3cccc4oc5cccc(-c6cccc7oc8ccccc8c67)c5c34)n2)cc1. The summed E-state index contributed by atoms with van der Waals surface area (Å²) in [7, 11) is 0. The lowest BCUT2D eigenvalue weighted by atomic mass is 9.94. The van der Waals surface area contributed by atoms with Crippen LogP contribution in [0, 0.1) is 0 Å². The number of para-hydroxylation sites is 2. The maximum Gasteiger partial charge on any atom is 0.164 e. The molecule has 0 aliphatic carbocycles. The highest BCUT2D eigenvalue weighted by atomic mass is 16.3. The van der Waals surface area contributed by atoms with Crippen molar-refractivity contribution in [3.8, 4) is 45.3 Å². The van der Waals surface area contributed by atoms with Crippen molar-refractivity contribution in [1.29, 1.82) is 0 Å². The molecular formula is C45H25N3O3. The molecule has 0 spiro atoms. The molecule has 0 N–H and O–H groups in total. The summed E-state index contributed by atoms with van der Waals surface area (Å²) in [6.07, 6.45) is 0. The van der Waals surface area contributed by atoms with Crippen LogP contribution in [0.15, 0.2) is 165 Å². The van der Waals surface area contributed by atoms with E-state index in [0.717, 1.165) is 93.6 Å². The Morgan fingerprint density at radius 2 is 0.784 bits per heavy atom. The molecule has 0 saturated heterocycles. The van der Waals surface area contributed by atoms with Crippen LogP contribution < -0.4 is 0 Å². The minimum Gasteiger partial charge on any atom is -0.456 e. The lowest BCUT2D eigenvalue weighted by molar-refractivity contribution is 0.668. The monoisotopic (exact) mass is 655 g/mol.